The van der Waals surface area contributed by atoms with Crippen molar-refractivity contribution < 1.29 is 0 Å². The summed E-state index contributed by atoms with van der Waals surface area (Å²) in [6, 6.07) is 1.61. The first-order valence-corrected chi connectivity index (χ1v) is 2.18. The largest absolute Gasteiger partial charge is 0.384 e. The molecule has 0 aliphatic carbocycles. The van der Waals surface area contributed by atoms with Crippen molar-refractivity contribution in [3.63, 3.8) is 0 Å². The average molecular weight is 108 g/mol. The number of hydrogen-bond donors (Lipinski definition) is 1. The number of anilines is 1. The molecule has 1 aromatic heterocycles. The second-order valence-corrected chi connectivity index (χ2v) is 1.43. The summed E-state index contributed by atoms with van der Waals surface area (Å²) in [5, 5.41) is 0. The molecule has 0 aliphatic rings. The molecule has 0 aromatic carbocycles. The number of nitrogen functional groups attached to an aromatic ring is 1. The molecule has 0 saturated heterocycles. The Kier molecular flexibility index (Phi) is 1.12. The van der Waals surface area contributed by atoms with Crippen LogP contribution in [-0.4, -0.2) is 9.97 Å². The SMILES string of the molecule is [CH2]c1cc(N)ncn1. The van der Waals surface area contributed by atoms with Crippen molar-refractivity contribution in [1.82, 2.24) is 9.97 Å². The highest BCUT2D eigenvalue weighted by Gasteiger charge is 1.84. The molecule has 8 heavy (non-hydrogen) atoms. The molecule has 1 aromatic rings. The van der Waals surface area contributed by atoms with E-state index in [1.165, 1.54) is 6.33 Å². The molecule has 0 unspecified atom stereocenters. The summed E-state index contributed by atoms with van der Waals surface area (Å²) in [6.45, 7) is 3.55. The van der Waals surface area contributed by atoms with Crippen molar-refractivity contribution >= 4 is 5.82 Å². The Hall–Kier alpha value is -1.12. The van der Waals surface area contributed by atoms with Crippen LogP contribution >= 0.6 is 0 Å². The van der Waals surface area contributed by atoms with Crippen molar-refractivity contribution in [2.45, 2.75) is 0 Å². The van der Waals surface area contributed by atoms with Crippen LogP contribution in [0.1, 0.15) is 5.69 Å². The average Bonchev–Trinajstić information content (AvgIpc) is 1.64. The summed E-state index contributed by atoms with van der Waals surface area (Å²) in [7, 11) is 0. The van der Waals surface area contributed by atoms with E-state index in [0.717, 1.165) is 0 Å². The van der Waals surface area contributed by atoms with E-state index in [4.69, 9.17) is 5.73 Å². The Morgan fingerprint density at radius 3 is 2.62 bits per heavy atom. The summed E-state index contributed by atoms with van der Waals surface area (Å²) in [5.74, 6) is 0.463. The van der Waals surface area contributed by atoms with E-state index < -0.39 is 0 Å². The second-order valence-electron chi connectivity index (χ2n) is 1.43. The van der Waals surface area contributed by atoms with Crippen LogP contribution in [0.5, 0.6) is 0 Å². The lowest BCUT2D eigenvalue weighted by Crippen LogP contribution is -1.90. The molecule has 0 amide bonds. The van der Waals surface area contributed by atoms with E-state index in [2.05, 4.69) is 16.9 Å². The van der Waals surface area contributed by atoms with Crippen molar-refractivity contribution in [3.05, 3.63) is 25.0 Å². The normalized spacial score (nSPS) is 9.12. The minimum absolute atomic E-state index is 0.463. The highest BCUT2D eigenvalue weighted by Crippen LogP contribution is 1.94. The lowest BCUT2D eigenvalue weighted by Gasteiger charge is -1.89. The molecule has 2 N–H and O–H groups in total. The number of nitrogens with zero attached hydrogens (tertiary/aromatic N) is 2. The van der Waals surface area contributed by atoms with Crippen molar-refractivity contribution in [1.29, 1.82) is 0 Å². The number of nitrogens with two attached hydrogens (primary N) is 1. The lowest BCUT2D eigenvalue weighted by atomic mass is 10.4. The molecule has 0 spiro atoms. The van der Waals surface area contributed by atoms with Crippen LogP contribution in [0.2, 0.25) is 0 Å². The Balaban J connectivity index is 3.08. The Labute approximate surface area is 47.6 Å². The van der Waals surface area contributed by atoms with Gasteiger partial charge in [-0.25, -0.2) is 9.97 Å². The number of rotatable bonds is 0. The van der Waals surface area contributed by atoms with Gasteiger partial charge in [0, 0.05) is 11.8 Å². The smallest absolute Gasteiger partial charge is 0.126 e. The van der Waals surface area contributed by atoms with Gasteiger partial charge in [0.2, 0.25) is 0 Å². The van der Waals surface area contributed by atoms with Gasteiger partial charge in [-0.1, -0.05) is 0 Å². The molecule has 1 radical (unpaired) electrons. The van der Waals surface area contributed by atoms with E-state index in [1.807, 2.05) is 0 Å². The molecule has 0 fully saturated rings. The van der Waals surface area contributed by atoms with Crippen LogP contribution in [0.3, 0.4) is 0 Å². The summed E-state index contributed by atoms with van der Waals surface area (Å²) in [5.41, 5.74) is 5.92. The van der Waals surface area contributed by atoms with Crippen LogP contribution in [0, 0.1) is 6.92 Å². The first-order valence-electron chi connectivity index (χ1n) is 2.18. The van der Waals surface area contributed by atoms with Gasteiger partial charge in [-0.3, -0.25) is 0 Å². The zero-order valence-corrected chi connectivity index (χ0v) is 4.33. The van der Waals surface area contributed by atoms with Crippen LogP contribution in [0.15, 0.2) is 12.4 Å². The summed E-state index contributed by atoms with van der Waals surface area (Å²) >= 11 is 0. The maximum atomic E-state index is 5.27. The monoisotopic (exact) mass is 108 g/mol. The number of hydrogen-bond acceptors (Lipinski definition) is 3. The van der Waals surface area contributed by atoms with Gasteiger partial charge in [-0.05, 0) is 6.92 Å². The molecule has 0 bridgehead atoms. The molecular formula is C5H6N3. The predicted molar refractivity (Wildman–Crippen MR) is 30.9 cm³/mol. The third-order valence-corrected chi connectivity index (χ3v) is 0.745. The van der Waals surface area contributed by atoms with Gasteiger partial charge in [0.25, 0.3) is 0 Å². The Morgan fingerprint density at radius 2 is 2.25 bits per heavy atom. The summed E-state index contributed by atoms with van der Waals surface area (Å²) in [6.07, 6.45) is 1.39. The summed E-state index contributed by atoms with van der Waals surface area (Å²) in [4.78, 5) is 7.40. The molecule has 0 saturated carbocycles. The molecular weight excluding hydrogens is 102 g/mol. The summed E-state index contributed by atoms with van der Waals surface area (Å²) < 4.78 is 0. The van der Waals surface area contributed by atoms with Crippen molar-refractivity contribution in [2.75, 3.05) is 5.73 Å². The maximum Gasteiger partial charge on any atom is 0.126 e. The minimum Gasteiger partial charge on any atom is -0.384 e. The fraction of sp³-hybridized carbons (Fsp3) is 0. The van der Waals surface area contributed by atoms with Crippen LogP contribution < -0.4 is 5.73 Å². The maximum absolute atomic E-state index is 5.27. The highest BCUT2D eigenvalue weighted by molar-refractivity contribution is 5.28. The topological polar surface area (TPSA) is 51.8 Å². The molecule has 41 valence electrons. The van der Waals surface area contributed by atoms with Crippen LogP contribution in [-0.2, 0) is 0 Å². The Morgan fingerprint density at radius 1 is 1.50 bits per heavy atom. The third kappa shape index (κ3) is 0.932. The first-order chi connectivity index (χ1) is 3.79. The molecule has 1 rings (SSSR count). The zero-order chi connectivity index (χ0) is 5.98. The Bertz CT molecular complexity index is 168. The molecule has 1 heterocycles. The van der Waals surface area contributed by atoms with E-state index >= 15 is 0 Å². The molecule has 3 nitrogen and oxygen atoms in total. The van der Waals surface area contributed by atoms with Crippen LogP contribution in [0.4, 0.5) is 5.82 Å². The lowest BCUT2D eigenvalue weighted by molar-refractivity contribution is 1.15. The van der Waals surface area contributed by atoms with Gasteiger partial charge < -0.3 is 5.73 Å². The van der Waals surface area contributed by atoms with Crippen molar-refractivity contribution in [2.24, 2.45) is 0 Å². The van der Waals surface area contributed by atoms with E-state index in [-0.39, 0.29) is 0 Å². The van der Waals surface area contributed by atoms with Gasteiger partial charge in [-0.2, -0.15) is 0 Å². The fourth-order valence-corrected chi connectivity index (χ4v) is 0.415. The van der Waals surface area contributed by atoms with Gasteiger partial charge >= 0.3 is 0 Å². The quantitative estimate of drug-likeness (QED) is 0.518. The van der Waals surface area contributed by atoms with Gasteiger partial charge in [0.05, 0.1) is 0 Å². The highest BCUT2D eigenvalue weighted by atomic mass is 14.9. The first kappa shape index (κ1) is 5.03. The van der Waals surface area contributed by atoms with Gasteiger partial charge in [0.1, 0.15) is 12.1 Å². The van der Waals surface area contributed by atoms with E-state index in [9.17, 15) is 0 Å². The molecule has 0 atom stereocenters. The zero-order valence-electron chi connectivity index (χ0n) is 4.33. The fourth-order valence-electron chi connectivity index (χ4n) is 0.415. The third-order valence-electron chi connectivity index (χ3n) is 0.745. The van der Waals surface area contributed by atoms with Gasteiger partial charge in [0.15, 0.2) is 0 Å². The predicted octanol–water partition coefficient (Wildman–Crippen LogP) is 0.241. The molecule has 0 aliphatic heterocycles. The second kappa shape index (κ2) is 1.78. The standard InChI is InChI=1S/C5H6N3/c1-4-2-5(6)8-3-7-4/h2-3H,1H2,(H2,6,7,8). The van der Waals surface area contributed by atoms with Crippen LogP contribution in [0.25, 0.3) is 0 Å². The molecule has 3 heteroatoms. The minimum atomic E-state index is 0.463. The van der Waals surface area contributed by atoms with E-state index in [1.54, 1.807) is 6.07 Å². The van der Waals surface area contributed by atoms with Gasteiger partial charge in [-0.15, -0.1) is 0 Å². The van der Waals surface area contributed by atoms with Crippen molar-refractivity contribution in [3.8, 4) is 0 Å². The van der Waals surface area contributed by atoms with E-state index in [0.29, 0.717) is 11.5 Å². The number of aromatic nitrogens is 2.